The summed E-state index contributed by atoms with van der Waals surface area (Å²) >= 11 is 0. The maximum atomic E-state index is 12.9. The van der Waals surface area contributed by atoms with Gasteiger partial charge in [0.1, 0.15) is 11.2 Å². The van der Waals surface area contributed by atoms with E-state index in [9.17, 15) is 14.3 Å². The summed E-state index contributed by atoms with van der Waals surface area (Å²) in [6.07, 6.45) is 1.87. The summed E-state index contributed by atoms with van der Waals surface area (Å²) in [5.41, 5.74) is 5.08. The van der Waals surface area contributed by atoms with Gasteiger partial charge in [-0.15, -0.1) is 0 Å². The van der Waals surface area contributed by atoms with Crippen LogP contribution in [0, 0.1) is 5.82 Å². The second-order valence-corrected chi connectivity index (χ2v) is 4.55. The van der Waals surface area contributed by atoms with Crippen LogP contribution in [-0.4, -0.2) is 31.3 Å². The Hall–Kier alpha value is -1.46. The lowest BCUT2D eigenvalue weighted by Crippen LogP contribution is -2.43. The van der Waals surface area contributed by atoms with Gasteiger partial charge in [0, 0.05) is 20.3 Å². The summed E-state index contributed by atoms with van der Waals surface area (Å²) in [5.74, 6) is -1.36. The molecule has 0 heterocycles. The molecule has 0 aliphatic rings. The number of unbranched alkanes of at least 4 members (excludes halogenated alkanes) is 1. The van der Waals surface area contributed by atoms with Gasteiger partial charge in [-0.05, 0) is 37.0 Å². The Balaban J connectivity index is 2.91. The molecule has 1 aromatic rings. The van der Waals surface area contributed by atoms with E-state index in [0.29, 0.717) is 25.0 Å². The number of methoxy groups -OCH3 is 1. The zero-order valence-corrected chi connectivity index (χ0v) is 11.1. The van der Waals surface area contributed by atoms with Gasteiger partial charge in [-0.2, -0.15) is 0 Å². The summed E-state index contributed by atoms with van der Waals surface area (Å²) in [6, 6.07) is 5.51. The third-order valence-electron chi connectivity index (χ3n) is 3.36. The highest BCUT2D eigenvalue weighted by atomic mass is 19.1. The molecule has 19 heavy (non-hydrogen) atoms. The normalized spacial score (nSPS) is 14.1. The van der Waals surface area contributed by atoms with Crippen LogP contribution in [0.2, 0.25) is 0 Å². The van der Waals surface area contributed by atoms with Crippen LogP contribution in [0.15, 0.2) is 24.3 Å². The first-order valence-corrected chi connectivity index (χ1v) is 6.25. The van der Waals surface area contributed by atoms with E-state index in [1.807, 2.05) is 0 Å². The molecule has 1 unspecified atom stereocenters. The summed E-state index contributed by atoms with van der Waals surface area (Å²) in [7, 11) is 1.60. The number of ether oxygens (including phenoxy) is 1. The number of nitrogens with two attached hydrogens (primary N) is 1. The summed E-state index contributed by atoms with van der Waals surface area (Å²) in [4.78, 5) is 11.6. The van der Waals surface area contributed by atoms with Crippen LogP contribution in [0.25, 0.3) is 0 Å². The molecule has 0 bridgehead atoms. The SMILES string of the molecule is COCCCCC(CN)(C(=O)O)c1ccc(F)cc1. The van der Waals surface area contributed by atoms with E-state index in [0.717, 1.165) is 6.42 Å². The fraction of sp³-hybridized carbons (Fsp3) is 0.500. The van der Waals surface area contributed by atoms with E-state index in [4.69, 9.17) is 10.5 Å². The standard InChI is InChI=1S/C14H20FNO3/c1-19-9-3-2-8-14(10-16,13(17)18)11-4-6-12(15)7-5-11/h4-7H,2-3,8-10,16H2,1H3,(H,17,18). The molecule has 0 saturated carbocycles. The highest BCUT2D eigenvalue weighted by Crippen LogP contribution is 2.30. The minimum Gasteiger partial charge on any atom is -0.481 e. The molecular formula is C14H20FNO3. The van der Waals surface area contributed by atoms with Gasteiger partial charge < -0.3 is 15.6 Å². The molecule has 0 fully saturated rings. The van der Waals surface area contributed by atoms with Crippen LogP contribution < -0.4 is 5.73 Å². The largest absolute Gasteiger partial charge is 0.481 e. The fourth-order valence-corrected chi connectivity index (χ4v) is 2.12. The number of carboxylic acid groups (broad SMARTS) is 1. The molecular weight excluding hydrogens is 249 g/mol. The van der Waals surface area contributed by atoms with Gasteiger partial charge in [0.25, 0.3) is 0 Å². The van der Waals surface area contributed by atoms with Gasteiger partial charge in [-0.3, -0.25) is 4.79 Å². The Kier molecular flexibility index (Phi) is 5.92. The second kappa shape index (κ2) is 7.21. The molecule has 0 spiro atoms. The number of hydrogen-bond acceptors (Lipinski definition) is 3. The molecule has 0 amide bonds. The summed E-state index contributed by atoms with van der Waals surface area (Å²) in [6.45, 7) is 0.574. The Labute approximate surface area is 112 Å². The highest BCUT2D eigenvalue weighted by Gasteiger charge is 2.38. The molecule has 1 aromatic carbocycles. The smallest absolute Gasteiger partial charge is 0.315 e. The number of carboxylic acids is 1. The van der Waals surface area contributed by atoms with Gasteiger partial charge in [0.2, 0.25) is 0 Å². The molecule has 1 rings (SSSR count). The third kappa shape index (κ3) is 3.75. The molecule has 0 saturated heterocycles. The number of carbonyl (C=O) groups is 1. The van der Waals surface area contributed by atoms with Gasteiger partial charge in [-0.25, -0.2) is 4.39 Å². The van der Waals surface area contributed by atoms with Crippen molar-refractivity contribution in [3.05, 3.63) is 35.6 Å². The zero-order chi connectivity index (χ0) is 14.3. The molecule has 0 aromatic heterocycles. The molecule has 4 nitrogen and oxygen atoms in total. The van der Waals surface area contributed by atoms with E-state index < -0.39 is 11.4 Å². The van der Waals surface area contributed by atoms with E-state index in [1.165, 1.54) is 24.3 Å². The predicted octanol–water partition coefficient (Wildman–Crippen LogP) is 1.92. The van der Waals surface area contributed by atoms with Crippen LogP contribution in [0.5, 0.6) is 0 Å². The van der Waals surface area contributed by atoms with E-state index in [2.05, 4.69) is 0 Å². The van der Waals surface area contributed by atoms with Crippen LogP contribution in [0.3, 0.4) is 0 Å². The monoisotopic (exact) mass is 269 g/mol. The van der Waals surface area contributed by atoms with Crippen molar-refractivity contribution in [1.29, 1.82) is 0 Å². The molecule has 1 atom stereocenters. The minimum atomic E-state index is -1.15. The summed E-state index contributed by atoms with van der Waals surface area (Å²) < 4.78 is 17.9. The van der Waals surface area contributed by atoms with E-state index in [1.54, 1.807) is 7.11 Å². The first-order valence-electron chi connectivity index (χ1n) is 6.25. The van der Waals surface area contributed by atoms with Crippen LogP contribution >= 0.6 is 0 Å². The van der Waals surface area contributed by atoms with Crippen molar-refractivity contribution >= 4 is 5.97 Å². The lowest BCUT2D eigenvalue weighted by atomic mass is 9.76. The number of aliphatic carboxylic acids is 1. The number of benzene rings is 1. The molecule has 5 heteroatoms. The molecule has 0 aliphatic carbocycles. The Morgan fingerprint density at radius 3 is 2.47 bits per heavy atom. The van der Waals surface area contributed by atoms with Gasteiger partial charge in [-0.1, -0.05) is 12.1 Å². The molecule has 3 N–H and O–H groups in total. The minimum absolute atomic E-state index is 0.0129. The quantitative estimate of drug-likeness (QED) is 0.707. The van der Waals surface area contributed by atoms with E-state index >= 15 is 0 Å². The molecule has 0 aliphatic heterocycles. The first kappa shape index (κ1) is 15.6. The van der Waals surface area contributed by atoms with Crippen molar-refractivity contribution in [3.8, 4) is 0 Å². The third-order valence-corrected chi connectivity index (χ3v) is 3.36. The summed E-state index contributed by atoms with van der Waals surface area (Å²) in [5, 5.41) is 9.50. The van der Waals surface area contributed by atoms with Crippen LogP contribution in [0.1, 0.15) is 24.8 Å². The average Bonchev–Trinajstić information content (AvgIpc) is 2.40. The van der Waals surface area contributed by atoms with Crippen LogP contribution in [-0.2, 0) is 14.9 Å². The maximum absolute atomic E-state index is 12.9. The average molecular weight is 269 g/mol. The Morgan fingerprint density at radius 2 is 2.00 bits per heavy atom. The topological polar surface area (TPSA) is 72.5 Å². The Bertz CT molecular complexity index is 408. The maximum Gasteiger partial charge on any atom is 0.315 e. The number of hydrogen-bond donors (Lipinski definition) is 2. The van der Waals surface area contributed by atoms with E-state index in [-0.39, 0.29) is 12.4 Å². The lowest BCUT2D eigenvalue weighted by molar-refractivity contribution is -0.143. The fourth-order valence-electron chi connectivity index (χ4n) is 2.12. The van der Waals surface area contributed by atoms with Crippen LogP contribution in [0.4, 0.5) is 4.39 Å². The predicted molar refractivity (Wildman–Crippen MR) is 70.5 cm³/mol. The van der Waals surface area contributed by atoms with Crippen molar-refractivity contribution < 1.29 is 19.0 Å². The lowest BCUT2D eigenvalue weighted by Gasteiger charge is -2.28. The zero-order valence-electron chi connectivity index (χ0n) is 11.1. The van der Waals surface area contributed by atoms with Crippen molar-refractivity contribution in [1.82, 2.24) is 0 Å². The number of halogens is 1. The van der Waals surface area contributed by atoms with Crippen molar-refractivity contribution in [2.75, 3.05) is 20.3 Å². The first-order chi connectivity index (χ1) is 9.06. The highest BCUT2D eigenvalue weighted by molar-refractivity contribution is 5.81. The Morgan fingerprint density at radius 1 is 1.37 bits per heavy atom. The second-order valence-electron chi connectivity index (χ2n) is 4.55. The number of rotatable bonds is 8. The molecule has 106 valence electrons. The van der Waals surface area contributed by atoms with Gasteiger partial charge >= 0.3 is 5.97 Å². The van der Waals surface area contributed by atoms with Gasteiger partial charge in [0.05, 0.1) is 0 Å². The van der Waals surface area contributed by atoms with Crippen molar-refractivity contribution in [2.24, 2.45) is 5.73 Å². The molecule has 0 radical (unpaired) electrons. The van der Waals surface area contributed by atoms with Crippen molar-refractivity contribution in [2.45, 2.75) is 24.7 Å². The van der Waals surface area contributed by atoms with Gasteiger partial charge in [0.15, 0.2) is 0 Å². The van der Waals surface area contributed by atoms with Crippen molar-refractivity contribution in [3.63, 3.8) is 0 Å².